The molecule has 1 aliphatic heterocycles. The number of anilines is 2. The maximum absolute atomic E-state index is 13.6. The largest absolute Gasteiger partial charge is 0.507 e. The van der Waals surface area contributed by atoms with Crippen molar-refractivity contribution in [2.24, 2.45) is 5.10 Å². The van der Waals surface area contributed by atoms with E-state index in [0.29, 0.717) is 22.4 Å². The number of amides is 1. The van der Waals surface area contributed by atoms with Crippen LogP contribution in [0.5, 0.6) is 5.75 Å². The van der Waals surface area contributed by atoms with Gasteiger partial charge in [-0.25, -0.2) is 4.79 Å². The molecule has 0 aromatic heterocycles. The number of aliphatic carboxylic acids is 1. The number of carbonyl (C=O) groups is 2. The molecule has 0 bridgehead atoms. The van der Waals surface area contributed by atoms with Crippen LogP contribution in [0.3, 0.4) is 0 Å². The van der Waals surface area contributed by atoms with Crippen molar-refractivity contribution < 1.29 is 33.0 Å². The van der Waals surface area contributed by atoms with Crippen molar-refractivity contribution in [1.29, 1.82) is 0 Å². The van der Waals surface area contributed by atoms with Crippen LogP contribution in [0.25, 0.3) is 5.57 Å². The molecule has 0 fully saturated rings. The second kappa shape index (κ2) is 9.46. The van der Waals surface area contributed by atoms with E-state index in [4.69, 9.17) is 0 Å². The van der Waals surface area contributed by atoms with E-state index in [1.165, 1.54) is 37.3 Å². The zero-order chi connectivity index (χ0) is 27.9. The van der Waals surface area contributed by atoms with Gasteiger partial charge in [0.2, 0.25) is 0 Å². The normalized spacial score (nSPS) is 19.7. The Morgan fingerprint density at radius 2 is 1.74 bits per heavy atom. The zero-order valence-corrected chi connectivity index (χ0v) is 20.5. The Hall–Kier alpha value is -4.86. The fraction of sp³-hybridized carbons (Fsp3) is 0.138. The molecule has 0 saturated carbocycles. The first kappa shape index (κ1) is 25.8. The van der Waals surface area contributed by atoms with Gasteiger partial charge in [-0.1, -0.05) is 54.6 Å². The Morgan fingerprint density at radius 1 is 1.05 bits per heavy atom. The van der Waals surface area contributed by atoms with Gasteiger partial charge < -0.3 is 10.2 Å². The van der Waals surface area contributed by atoms with Gasteiger partial charge in [-0.05, 0) is 48.4 Å². The highest BCUT2D eigenvalue weighted by atomic mass is 19.4. The molecule has 3 aromatic rings. The number of nitrogens with zero attached hydrogens (tertiary/aromatic N) is 2. The molecule has 39 heavy (non-hydrogen) atoms. The summed E-state index contributed by atoms with van der Waals surface area (Å²) in [6, 6.07) is 16.6. The number of benzene rings is 3. The summed E-state index contributed by atoms with van der Waals surface area (Å²) >= 11 is 0. The molecule has 1 heterocycles. The van der Waals surface area contributed by atoms with E-state index in [0.717, 1.165) is 11.0 Å². The lowest BCUT2D eigenvalue weighted by atomic mass is 9.84. The smallest absolute Gasteiger partial charge is 0.416 e. The number of allylic oxidation sites excluding steroid dienone is 2. The molecule has 5 rings (SSSR count). The molecule has 1 aliphatic carbocycles. The third-order valence-electron chi connectivity index (χ3n) is 6.74. The second-order valence-electron chi connectivity index (χ2n) is 9.25. The number of phenols is 1. The molecule has 1 atom stereocenters. The lowest BCUT2D eigenvalue weighted by Gasteiger charge is -2.29. The highest BCUT2D eigenvalue weighted by Gasteiger charge is 2.41. The minimum Gasteiger partial charge on any atom is -0.507 e. The number of carbonyl (C=O) groups excluding carboxylic acids is 1. The van der Waals surface area contributed by atoms with Crippen LogP contribution in [-0.2, 0) is 15.8 Å². The minimum absolute atomic E-state index is 0.00542. The number of carboxylic acids is 1. The molecule has 2 aliphatic rings. The van der Waals surface area contributed by atoms with Crippen molar-refractivity contribution in [2.75, 3.05) is 4.90 Å². The number of aryl methyl sites for hydroxylation is 1. The van der Waals surface area contributed by atoms with E-state index in [-0.39, 0.29) is 29.1 Å². The van der Waals surface area contributed by atoms with Crippen LogP contribution in [-0.4, -0.2) is 33.3 Å². The molecule has 1 amide bonds. The first-order chi connectivity index (χ1) is 18.5. The molecule has 3 N–H and O–H groups in total. The van der Waals surface area contributed by atoms with Gasteiger partial charge in [0.1, 0.15) is 5.75 Å². The quantitative estimate of drug-likeness (QED) is 0.373. The van der Waals surface area contributed by atoms with Crippen molar-refractivity contribution in [2.45, 2.75) is 25.1 Å². The van der Waals surface area contributed by atoms with Crippen LogP contribution in [0.4, 0.5) is 24.5 Å². The Bertz CT molecular complexity index is 1590. The second-order valence-corrected chi connectivity index (χ2v) is 9.25. The summed E-state index contributed by atoms with van der Waals surface area (Å²) in [7, 11) is 0. The molecular weight excluding hydrogens is 511 g/mol. The van der Waals surface area contributed by atoms with Gasteiger partial charge in [-0.15, -0.1) is 0 Å². The monoisotopic (exact) mass is 533 g/mol. The third-order valence-corrected chi connectivity index (χ3v) is 6.74. The number of hydrazone groups is 1. The summed E-state index contributed by atoms with van der Waals surface area (Å²) in [5, 5.41) is 24.6. The predicted molar refractivity (Wildman–Crippen MR) is 140 cm³/mol. The summed E-state index contributed by atoms with van der Waals surface area (Å²) in [6.45, 7) is 1.34. The van der Waals surface area contributed by atoms with E-state index in [2.05, 4.69) is 10.5 Å². The number of halogens is 3. The maximum Gasteiger partial charge on any atom is 0.416 e. The average Bonchev–Trinajstić information content (AvgIpc) is 3.18. The molecule has 0 spiro atoms. The van der Waals surface area contributed by atoms with Crippen molar-refractivity contribution in [1.82, 2.24) is 5.43 Å². The number of para-hydroxylation sites is 2. The van der Waals surface area contributed by atoms with Crippen LogP contribution in [0.1, 0.15) is 28.7 Å². The molecule has 0 radical (unpaired) electrons. The fourth-order valence-electron chi connectivity index (χ4n) is 4.72. The zero-order valence-electron chi connectivity index (χ0n) is 20.5. The summed E-state index contributed by atoms with van der Waals surface area (Å²) in [5.74, 6) is -2.00. The van der Waals surface area contributed by atoms with E-state index in [1.54, 1.807) is 48.5 Å². The topological polar surface area (TPSA) is 102 Å². The van der Waals surface area contributed by atoms with Gasteiger partial charge >= 0.3 is 12.1 Å². The Labute approximate surface area is 221 Å². The van der Waals surface area contributed by atoms with Crippen LogP contribution in [0.15, 0.2) is 90.1 Å². The molecule has 198 valence electrons. The number of alkyl halides is 3. The van der Waals surface area contributed by atoms with Gasteiger partial charge in [0.25, 0.3) is 5.91 Å². The van der Waals surface area contributed by atoms with Crippen LogP contribution >= 0.6 is 0 Å². The van der Waals surface area contributed by atoms with Gasteiger partial charge in [-0.3, -0.25) is 15.1 Å². The highest BCUT2D eigenvalue weighted by molar-refractivity contribution is 6.55. The van der Waals surface area contributed by atoms with E-state index < -0.39 is 29.2 Å². The van der Waals surface area contributed by atoms with E-state index >= 15 is 0 Å². The first-order valence-electron chi connectivity index (χ1n) is 11.9. The lowest BCUT2D eigenvalue weighted by Crippen LogP contribution is -2.49. The summed E-state index contributed by atoms with van der Waals surface area (Å²) in [5.41, 5.74) is 1.53. The highest BCUT2D eigenvalue weighted by Crippen LogP contribution is 2.40. The number of aromatic hydroxyl groups is 1. The predicted octanol–water partition coefficient (Wildman–Crippen LogP) is 5.56. The maximum atomic E-state index is 13.6. The van der Waals surface area contributed by atoms with Crippen LogP contribution < -0.4 is 10.3 Å². The van der Waals surface area contributed by atoms with Crippen molar-refractivity contribution in [3.8, 4) is 5.75 Å². The standard InChI is InChI=1S/C29H22F3N3O4/c1-17-12-13-19(15-22(17)29(30,31)32)35-23-10-4-2-9-21(23)25(26(35)37)33-34-28(27(38)39)14-6-7-18(16-28)20-8-3-5-11-24(20)36/h2-15,34,36H,16H2,1H3,(H,38,39)/b33-25-. The molecule has 7 nitrogen and oxygen atoms in total. The van der Waals surface area contributed by atoms with Crippen LogP contribution in [0.2, 0.25) is 0 Å². The summed E-state index contributed by atoms with van der Waals surface area (Å²) < 4.78 is 40.8. The van der Waals surface area contributed by atoms with Gasteiger partial charge in [-0.2, -0.15) is 18.3 Å². The SMILES string of the molecule is Cc1ccc(N2C(=O)/C(=N\NC3(C(=O)O)C=CC=C(c4ccccc4O)C3)c3ccccc32)cc1C(F)(F)F. The number of rotatable bonds is 5. The number of fused-ring (bicyclic) bond motifs is 1. The molecule has 10 heteroatoms. The first-order valence-corrected chi connectivity index (χ1v) is 11.9. The Kier molecular flexibility index (Phi) is 6.26. The van der Waals surface area contributed by atoms with Gasteiger partial charge in [0, 0.05) is 23.2 Å². The van der Waals surface area contributed by atoms with Crippen LogP contribution in [0, 0.1) is 6.92 Å². The van der Waals surface area contributed by atoms with Crippen molar-refractivity contribution in [3.63, 3.8) is 0 Å². The number of nitrogens with one attached hydrogen (secondary N) is 1. The Morgan fingerprint density at radius 3 is 2.44 bits per heavy atom. The fourth-order valence-corrected chi connectivity index (χ4v) is 4.72. The molecular formula is C29H22F3N3O4. The average molecular weight is 534 g/mol. The number of hydrogen-bond donors (Lipinski definition) is 3. The minimum atomic E-state index is -4.61. The lowest BCUT2D eigenvalue weighted by molar-refractivity contribution is -0.142. The third kappa shape index (κ3) is 4.54. The number of phenolic OH excluding ortho intramolecular Hbond substituents is 1. The van der Waals surface area contributed by atoms with Gasteiger partial charge in [0.15, 0.2) is 11.3 Å². The van der Waals surface area contributed by atoms with Gasteiger partial charge in [0.05, 0.1) is 11.3 Å². The van der Waals surface area contributed by atoms with E-state index in [9.17, 15) is 33.0 Å². The summed E-state index contributed by atoms with van der Waals surface area (Å²) in [6.07, 6.45) is -0.117. The molecule has 1 unspecified atom stereocenters. The molecule has 0 saturated heterocycles. The number of hydrogen-bond acceptors (Lipinski definition) is 5. The van der Waals surface area contributed by atoms with Crippen molar-refractivity contribution in [3.05, 3.63) is 107 Å². The Balaban J connectivity index is 1.52. The summed E-state index contributed by atoms with van der Waals surface area (Å²) in [4.78, 5) is 27.1. The number of carboxylic acid groups (broad SMARTS) is 1. The molecule has 3 aromatic carbocycles. The van der Waals surface area contributed by atoms with E-state index in [1.807, 2.05) is 0 Å². The van der Waals surface area contributed by atoms with Crippen molar-refractivity contribution >= 4 is 34.5 Å².